The summed E-state index contributed by atoms with van der Waals surface area (Å²) in [5, 5.41) is 11.6. The van der Waals surface area contributed by atoms with Gasteiger partial charge in [-0.25, -0.2) is 0 Å². The first-order chi connectivity index (χ1) is 6.68. The molecule has 0 saturated carbocycles. The third kappa shape index (κ3) is 1.65. The molecule has 3 nitrogen and oxygen atoms in total. The minimum Gasteiger partial charge on any atom is -0.481 e. The number of hydrogen-bond donors (Lipinski definition) is 1. The summed E-state index contributed by atoms with van der Waals surface area (Å²) in [4.78, 5) is 14.7. The van der Waals surface area contributed by atoms with Crippen LogP contribution in [0, 0.1) is 0 Å². The predicted molar refractivity (Wildman–Crippen MR) is 58.7 cm³/mol. The number of carbonyl (C=O) groups is 1. The standard InChI is InChI=1S/C9H6BrNO2S/c10-6-4-11-7(3-8(12)13)9-5(6)1-2-14-9/h1-2,4H,3H2,(H,12,13). The molecule has 0 aliphatic carbocycles. The van der Waals surface area contributed by atoms with E-state index in [-0.39, 0.29) is 6.42 Å². The molecule has 2 aromatic heterocycles. The molecule has 0 atom stereocenters. The molecular weight excluding hydrogens is 266 g/mol. The van der Waals surface area contributed by atoms with Crippen molar-refractivity contribution in [2.24, 2.45) is 0 Å². The molecule has 0 bridgehead atoms. The lowest BCUT2D eigenvalue weighted by Crippen LogP contribution is -2.02. The summed E-state index contributed by atoms with van der Waals surface area (Å²) in [5.74, 6) is -0.852. The molecule has 5 heteroatoms. The molecule has 0 unspecified atom stereocenters. The average molecular weight is 272 g/mol. The molecular formula is C9H6BrNO2S. The Balaban J connectivity index is 2.60. The summed E-state index contributed by atoms with van der Waals surface area (Å²) in [6.45, 7) is 0. The number of fused-ring (bicyclic) bond motifs is 1. The smallest absolute Gasteiger partial charge is 0.309 e. The quantitative estimate of drug-likeness (QED) is 0.914. The van der Waals surface area contributed by atoms with Gasteiger partial charge in [-0.05, 0) is 27.4 Å². The van der Waals surface area contributed by atoms with E-state index >= 15 is 0 Å². The van der Waals surface area contributed by atoms with Crippen molar-refractivity contribution in [2.45, 2.75) is 6.42 Å². The van der Waals surface area contributed by atoms with Crippen molar-refractivity contribution in [1.29, 1.82) is 0 Å². The van der Waals surface area contributed by atoms with Gasteiger partial charge in [0.05, 0.1) is 16.8 Å². The first-order valence-electron chi connectivity index (χ1n) is 3.91. The van der Waals surface area contributed by atoms with Crippen LogP contribution in [0.1, 0.15) is 5.69 Å². The van der Waals surface area contributed by atoms with Crippen LogP contribution in [-0.2, 0) is 11.2 Å². The lowest BCUT2D eigenvalue weighted by Gasteiger charge is -1.99. The van der Waals surface area contributed by atoms with Crippen LogP contribution in [-0.4, -0.2) is 16.1 Å². The van der Waals surface area contributed by atoms with Gasteiger partial charge >= 0.3 is 5.97 Å². The van der Waals surface area contributed by atoms with Crippen molar-refractivity contribution >= 4 is 43.3 Å². The number of rotatable bonds is 2. The van der Waals surface area contributed by atoms with E-state index in [0.29, 0.717) is 5.69 Å². The lowest BCUT2D eigenvalue weighted by atomic mass is 10.2. The summed E-state index contributed by atoms with van der Waals surface area (Å²) in [7, 11) is 0. The number of thiophene rings is 1. The minimum atomic E-state index is -0.852. The van der Waals surface area contributed by atoms with Crippen LogP contribution < -0.4 is 0 Å². The van der Waals surface area contributed by atoms with E-state index in [9.17, 15) is 4.79 Å². The monoisotopic (exact) mass is 271 g/mol. The zero-order valence-corrected chi connectivity index (χ0v) is 9.43. The van der Waals surface area contributed by atoms with Gasteiger partial charge in [0, 0.05) is 16.1 Å². The molecule has 0 fully saturated rings. The highest BCUT2D eigenvalue weighted by Crippen LogP contribution is 2.29. The normalized spacial score (nSPS) is 10.6. The number of hydrogen-bond acceptors (Lipinski definition) is 3. The first kappa shape index (κ1) is 9.61. The summed E-state index contributed by atoms with van der Waals surface area (Å²) in [6.07, 6.45) is 1.62. The molecule has 72 valence electrons. The maximum atomic E-state index is 10.6. The average Bonchev–Trinajstić information content (AvgIpc) is 2.58. The fourth-order valence-electron chi connectivity index (χ4n) is 1.25. The van der Waals surface area contributed by atoms with Crippen LogP contribution >= 0.6 is 27.3 Å². The summed E-state index contributed by atoms with van der Waals surface area (Å²) in [5.41, 5.74) is 0.630. The van der Waals surface area contributed by atoms with Gasteiger partial charge in [-0.15, -0.1) is 11.3 Å². The fraction of sp³-hybridized carbons (Fsp3) is 0.111. The largest absolute Gasteiger partial charge is 0.481 e. The Morgan fingerprint density at radius 2 is 2.43 bits per heavy atom. The van der Waals surface area contributed by atoms with Gasteiger partial charge < -0.3 is 5.11 Å². The second kappa shape index (κ2) is 3.67. The highest BCUT2D eigenvalue weighted by molar-refractivity contribution is 9.10. The van der Waals surface area contributed by atoms with E-state index < -0.39 is 5.97 Å². The lowest BCUT2D eigenvalue weighted by molar-refractivity contribution is -0.136. The van der Waals surface area contributed by atoms with Crippen molar-refractivity contribution in [1.82, 2.24) is 4.98 Å². The van der Waals surface area contributed by atoms with E-state index in [1.807, 2.05) is 11.4 Å². The van der Waals surface area contributed by atoms with Crippen molar-refractivity contribution in [3.05, 3.63) is 27.8 Å². The van der Waals surface area contributed by atoms with Crippen LogP contribution in [0.5, 0.6) is 0 Å². The number of aliphatic carboxylic acids is 1. The van der Waals surface area contributed by atoms with Crippen molar-refractivity contribution in [3.63, 3.8) is 0 Å². The van der Waals surface area contributed by atoms with Gasteiger partial charge in [-0.2, -0.15) is 0 Å². The molecule has 0 aromatic carbocycles. The van der Waals surface area contributed by atoms with Gasteiger partial charge in [0.2, 0.25) is 0 Å². The zero-order valence-electron chi connectivity index (χ0n) is 7.03. The zero-order chi connectivity index (χ0) is 10.1. The van der Waals surface area contributed by atoms with Gasteiger partial charge in [0.15, 0.2) is 0 Å². The van der Waals surface area contributed by atoms with Crippen molar-refractivity contribution in [3.8, 4) is 0 Å². The number of pyridine rings is 1. The molecule has 14 heavy (non-hydrogen) atoms. The summed E-state index contributed by atoms with van der Waals surface area (Å²) < 4.78 is 1.85. The molecule has 2 heterocycles. The molecule has 0 amide bonds. The molecule has 0 aliphatic heterocycles. The summed E-state index contributed by atoms with van der Waals surface area (Å²) >= 11 is 4.89. The highest BCUT2D eigenvalue weighted by Gasteiger charge is 2.10. The highest BCUT2D eigenvalue weighted by atomic mass is 79.9. The molecule has 2 rings (SSSR count). The third-order valence-corrected chi connectivity index (χ3v) is 3.43. The van der Waals surface area contributed by atoms with E-state index in [4.69, 9.17) is 5.11 Å². The van der Waals surface area contributed by atoms with Gasteiger partial charge in [-0.1, -0.05) is 0 Å². The van der Waals surface area contributed by atoms with Crippen LogP contribution in [0.25, 0.3) is 10.1 Å². The maximum absolute atomic E-state index is 10.6. The second-order valence-electron chi connectivity index (χ2n) is 2.79. The molecule has 2 aromatic rings. The molecule has 0 saturated heterocycles. The Hall–Kier alpha value is -0.940. The SMILES string of the molecule is O=C(O)Cc1ncc(Br)c2ccsc12. The first-order valence-corrected chi connectivity index (χ1v) is 5.58. The Bertz CT molecular complexity index is 495. The minimum absolute atomic E-state index is 0.0235. The number of halogens is 1. The Kier molecular flexibility index (Phi) is 2.52. The Labute approximate surface area is 92.5 Å². The fourth-order valence-corrected chi connectivity index (χ4v) is 2.72. The molecule has 1 N–H and O–H groups in total. The van der Waals surface area contributed by atoms with Crippen molar-refractivity contribution < 1.29 is 9.90 Å². The number of nitrogens with zero attached hydrogens (tertiary/aromatic N) is 1. The van der Waals surface area contributed by atoms with E-state index in [1.54, 1.807) is 6.20 Å². The molecule has 0 radical (unpaired) electrons. The topological polar surface area (TPSA) is 50.2 Å². The van der Waals surface area contributed by atoms with Gasteiger partial charge in [0.25, 0.3) is 0 Å². The van der Waals surface area contributed by atoms with Crippen LogP contribution in [0.2, 0.25) is 0 Å². The Morgan fingerprint density at radius 1 is 1.64 bits per heavy atom. The van der Waals surface area contributed by atoms with Gasteiger partial charge in [0.1, 0.15) is 0 Å². The van der Waals surface area contributed by atoms with Crippen LogP contribution in [0.15, 0.2) is 22.1 Å². The molecule has 0 aliphatic rings. The second-order valence-corrected chi connectivity index (χ2v) is 4.56. The predicted octanol–water partition coefficient (Wildman–Crippen LogP) is 2.69. The van der Waals surface area contributed by atoms with Crippen LogP contribution in [0.3, 0.4) is 0 Å². The van der Waals surface area contributed by atoms with E-state index in [0.717, 1.165) is 14.6 Å². The van der Waals surface area contributed by atoms with Crippen LogP contribution in [0.4, 0.5) is 0 Å². The number of aromatic nitrogens is 1. The number of carboxylic acid groups (broad SMARTS) is 1. The Morgan fingerprint density at radius 3 is 3.14 bits per heavy atom. The summed E-state index contributed by atoms with van der Waals surface area (Å²) in [6, 6.07) is 1.96. The van der Waals surface area contributed by atoms with Crippen molar-refractivity contribution in [2.75, 3.05) is 0 Å². The number of carboxylic acids is 1. The van der Waals surface area contributed by atoms with E-state index in [1.165, 1.54) is 11.3 Å². The maximum Gasteiger partial charge on any atom is 0.309 e. The third-order valence-electron chi connectivity index (χ3n) is 1.84. The molecule has 0 spiro atoms. The van der Waals surface area contributed by atoms with E-state index in [2.05, 4.69) is 20.9 Å². The van der Waals surface area contributed by atoms with Gasteiger partial charge in [-0.3, -0.25) is 9.78 Å².